The van der Waals surface area contributed by atoms with Crippen LogP contribution < -0.4 is 10.2 Å². The maximum Gasteiger partial charge on any atom is 0.194 e. The number of aryl methyl sites for hydroxylation is 2. The molecular weight excluding hydrogens is 392 g/mol. The van der Waals surface area contributed by atoms with E-state index in [4.69, 9.17) is 4.98 Å². The number of anilines is 1. The van der Waals surface area contributed by atoms with Crippen molar-refractivity contribution in [3.05, 3.63) is 52.3 Å². The van der Waals surface area contributed by atoms with Crippen LogP contribution >= 0.6 is 11.3 Å². The molecule has 1 aromatic carbocycles. The van der Waals surface area contributed by atoms with Crippen molar-refractivity contribution in [2.45, 2.75) is 53.1 Å². The molecule has 1 N–H and O–H groups in total. The van der Waals surface area contributed by atoms with Crippen LogP contribution in [-0.4, -0.2) is 40.3 Å². The third kappa shape index (κ3) is 4.07. The van der Waals surface area contributed by atoms with Gasteiger partial charge in [0.25, 0.3) is 0 Å². The molecule has 1 aliphatic heterocycles. The van der Waals surface area contributed by atoms with Crippen LogP contribution in [0.2, 0.25) is 0 Å². The summed E-state index contributed by atoms with van der Waals surface area (Å²) >= 11 is 1.60. The third-order valence-electron chi connectivity index (χ3n) is 5.76. The zero-order valence-electron chi connectivity index (χ0n) is 18.4. The topological polar surface area (TPSA) is 49.6 Å². The first-order valence-corrected chi connectivity index (χ1v) is 11.5. The summed E-state index contributed by atoms with van der Waals surface area (Å²) in [4.78, 5) is 20.8. The Kier molecular flexibility index (Phi) is 5.80. The number of imidazole rings is 1. The van der Waals surface area contributed by atoms with Gasteiger partial charge in [0.1, 0.15) is 0 Å². The van der Waals surface area contributed by atoms with Gasteiger partial charge < -0.3 is 10.2 Å². The molecule has 1 fully saturated rings. The van der Waals surface area contributed by atoms with E-state index >= 15 is 0 Å². The van der Waals surface area contributed by atoms with Crippen LogP contribution in [0, 0.1) is 13.8 Å². The Balaban J connectivity index is 1.68. The van der Waals surface area contributed by atoms with E-state index in [2.05, 4.69) is 65.9 Å². The Hall–Kier alpha value is -2.44. The number of thiazole rings is 1. The van der Waals surface area contributed by atoms with E-state index in [1.165, 1.54) is 11.3 Å². The fourth-order valence-corrected chi connectivity index (χ4v) is 5.07. The molecule has 0 amide bonds. The lowest BCUT2D eigenvalue weighted by Gasteiger charge is -2.38. The van der Waals surface area contributed by atoms with E-state index in [9.17, 15) is 4.79 Å². The monoisotopic (exact) mass is 422 g/mol. The van der Waals surface area contributed by atoms with Crippen LogP contribution in [0.4, 0.5) is 5.69 Å². The minimum Gasteiger partial charge on any atom is -0.368 e. The lowest BCUT2D eigenvalue weighted by Crippen LogP contribution is -2.54. The Morgan fingerprint density at radius 2 is 2.00 bits per heavy atom. The first kappa shape index (κ1) is 20.8. The summed E-state index contributed by atoms with van der Waals surface area (Å²) in [6.07, 6.45) is 4.45. The van der Waals surface area contributed by atoms with Crippen LogP contribution in [0.3, 0.4) is 0 Å². The number of carbonyl (C=O) groups is 1. The Morgan fingerprint density at radius 3 is 2.63 bits per heavy atom. The SMILES string of the molecule is CCC(=O)/C(=C\c1ccc(N2C[C@@H](C)N[C@@H](C)C2)cc1C)c1cn2c(C)csc2n1. The van der Waals surface area contributed by atoms with Crippen LogP contribution in [0.15, 0.2) is 29.8 Å². The fraction of sp³-hybridized carbons (Fsp3) is 0.417. The van der Waals surface area contributed by atoms with Crippen molar-refractivity contribution in [2.75, 3.05) is 18.0 Å². The summed E-state index contributed by atoms with van der Waals surface area (Å²) in [6, 6.07) is 7.49. The van der Waals surface area contributed by atoms with Crippen LogP contribution in [-0.2, 0) is 4.79 Å². The highest BCUT2D eigenvalue weighted by Gasteiger charge is 2.21. The number of hydrogen-bond donors (Lipinski definition) is 1. The minimum absolute atomic E-state index is 0.117. The van der Waals surface area contributed by atoms with Gasteiger partial charge in [0.15, 0.2) is 10.7 Å². The zero-order chi connectivity index (χ0) is 21.4. The molecule has 6 heteroatoms. The first-order chi connectivity index (χ1) is 14.4. The Labute approximate surface area is 182 Å². The van der Waals surface area contributed by atoms with Gasteiger partial charge in [0, 0.05) is 60.1 Å². The van der Waals surface area contributed by atoms with Gasteiger partial charge in [-0.25, -0.2) is 4.98 Å². The number of rotatable bonds is 5. The van der Waals surface area contributed by atoms with Gasteiger partial charge in [-0.15, -0.1) is 11.3 Å². The van der Waals surface area contributed by atoms with E-state index in [0.29, 0.717) is 24.1 Å². The average molecular weight is 423 g/mol. The molecule has 3 aromatic rings. The molecule has 4 rings (SSSR count). The van der Waals surface area contributed by atoms with E-state index in [1.807, 2.05) is 19.2 Å². The summed E-state index contributed by atoms with van der Waals surface area (Å²) < 4.78 is 2.06. The largest absolute Gasteiger partial charge is 0.368 e. The molecule has 158 valence electrons. The van der Waals surface area contributed by atoms with Crippen molar-refractivity contribution in [1.82, 2.24) is 14.7 Å². The smallest absolute Gasteiger partial charge is 0.194 e. The third-order valence-corrected chi connectivity index (χ3v) is 6.72. The second-order valence-electron chi connectivity index (χ2n) is 8.41. The number of nitrogens with one attached hydrogen (secondary N) is 1. The highest BCUT2D eigenvalue weighted by Crippen LogP contribution is 2.27. The molecule has 0 radical (unpaired) electrons. The number of hydrogen-bond acceptors (Lipinski definition) is 5. The van der Waals surface area contributed by atoms with Crippen LogP contribution in [0.1, 0.15) is 49.7 Å². The van der Waals surface area contributed by atoms with Gasteiger partial charge in [0.2, 0.25) is 0 Å². The highest BCUT2D eigenvalue weighted by atomic mass is 32.1. The lowest BCUT2D eigenvalue weighted by molar-refractivity contribution is -0.113. The van der Waals surface area contributed by atoms with Gasteiger partial charge in [-0.1, -0.05) is 13.0 Å². The molecule has 0 aliphatic carbocycles. The number of nitrogens with zero attached hydrogens (tertiary/aromatic N) is 3. The molecule has 5 nitrogen and oxygen atoms in total. The van der Waals surface area contributed by atoms with E-state index in [1.54, 1.807) is 11.3 Å². The Bertz CT molecular complexity index is 1100. The summed E-state index contributed by atoms with van der Waals surface area (Å²) in [5.74, 6) is 0.117. The number of aromatic nitrogens is 2. The fourth-order valence-electron chi connectivity index (χ4n) is 4.22. The molecule has 0 spiro atoms. The molecule has 30 heavy (non-hydrogen) atoms. The maximum atomic E-state index is 12.8. The van der Waals surface area contributed by atoms with E-state index < -0.39 is 0 Å². The summed E-state index contributed by atoms with van der Waals surface area (Å²) in [5, 5.41) is 5.67. The van der Waals surface area contributed by atoms with E-state index in [-0.39, 0.29) is 5.78 Å². The quantitative estimate of drug-likeness (QED) is 0.605. The highest BCUT2D eigenvalue weighted by molar-refractivity contribution is 7.15. The van der Waals surface area contributed by atoms with Crippen molar-refractivity contribution in [3.8, 4) is 0 Å². The predicted octanol–water partition coefficient (Wildman–Crippen LogP) is 4.72. The maximum absolute atomic E-state index is 12.8. The van der Waals surface area contributed by atoms with Crippen molar-refractivity contribution < 1.29 is 4.79 Å². The minimum atomic E-state index is 0.117. The second-order valence-corrected chi connectivity index (χ2v) is 9.24. The van der Waals surface area contributed by atoms with E-state index in [0.717, 1.165) is 35.0 Å². The first-order valence-electron chi connectivity index (χ1n) is 10.7. The number of benzene rings is 1. The lowest BCUT2D eigenvalue weighted by atomic mass is 9.99. The molecule has 0 unspecified atom stereocenters. The molecular formula is C24H30N4OS. The normalized spacial score (nSPS) is 20.2. The average Bonchev–Trinajstić information content (AvgIpc) is 3.27. The summed E-state index contributed by atoms with van der Waals surface area (Å²) in [5.41, 5.74) is 6.06. The molecule has 0 bridgehead atoms. The standard InChI is InChI=1S/C24H30N4OS/c1-6-23(29)21(22-13-28-18(5)14-30-24(28)26-22)10-19-7-8-20(9-15(19)2)27-11-16(3)25-17(4)12-27/h7-10,13-14,16-17,25H,6,11-12H2,1-5H3/b21-10-/t16-,17+. The van der Waals surface area contributed by atoms with Crippen molar-refractivity contribution in [1.29, 1.82) is 0 Å². The van der Waals surface area contributed by atoms with Crippen molar-refractivity contribution in [2.24, 2.45) is 0 Å². The number of allylic oxidation sites excluding steroid dienone is 1. The van der Waals surface area contributed by atoms with Crippen molar-refractivity contribution >= 4 is 39.4 Å². The van der Waals surface area contributed by atoms with Crippen molar-refractivity contribution in [3.63, 3.8) is 0 Å². The number of fused-ring (bicyclic) bond motifs is 1. The molecule has 2 aromatic heterocycles. The van der Waals surface area contributed by atoms with Gasteiger partial charge >= 0.3 is 0 Å². The molecule has 2 atom stereocenters. The number of piperazine rings is 1. The number of carbonyl (C=O) groups excluding carboxylic acids is 1. The Morgan fingerprint density at radius 1 is 1.27 bits per heavy atom. The molecule has 3 heterocycles. The summed E-state index contributed by atoms with van der Waals surface area (Å²) in [7, 11) is 0. The molecule has 0 saturated carbocycles. The molecule has 1 saturated heterocycles. The van der Waals surface area contributed by atoms with Gasteiger partial charge in [0.05, 0.1) is 5.69 Å². The number of ketones is 1. The van der Waals surface area contributed by atoms with Gasteiger partial charge in [-0.3, -0.25) is 9.20 Å². The van der Waals surface area contributed by atoms with Gasteiger partial charge in [-0.05, 0) is 57.0 Å². The predicted molar refractivity (Wildman–Crippen MR) is 126 cm³/mol. The summed E-state index contributed by atoms with van der Waals surface area (Å²) in [6.45, 7) is 12.5. The number of Topliss-reactive ketones (excluding diaryl/α,β-unsaturated/α-hetero) is 1. The van der Waals surface area contributed by atoms with Crippen LogP contribution in [0.25, 0.3) is 16.6 Å². The second kappa shape index (κ2) is 8.36. The van der Waals surface area contributed by atoms with Gasteiger partial charge in [-0.2, -0.15) is 0 Å². The zero-order valence-corrected chi connectivity index (χ0v) is 19.2. The van der Waals surface area contributed by atoms with Crippen LogP contribution in [0.5, 0.6) is 0 Å². The molecule has 1 aliphatic rings.